The van der Waals surface area contributed by atoms with Gasteiger partial charge in [-0.15, -0.1) is 0 Å². The summed E-state index contributed by atoms with van der Waals surface area (Å²) < 4.78 is 52.2. The summed E-state index contributed by atoms with van der Waals surface area (Å²) >= 11 is 3.41. The average molecular weight is 485 g/mol. The number of hydrogen-bond acceptors (Lipinski definition) is 4. The summed E-state index contributed by atoms with van der Waals surface area (Å²) in [6, 6.07) is 15.6. The molecule has 5 aromatic rings. The highest BCUT2D eigenvalue weighted by Gasteiger charge is 2.33. The van der Waals surface area contributed by atoms with Gasteiger partial charge in [0.25, 0.3) is 0 Å². The third-order valence-corrected chi connectivity index (χ3v) is 5.44. The molecule has 2 aromatic carbocycles. The fourth-order valence-corrected chi connectivity index (χ4v) is 3.96. The van der Waals surface area contributed by atoms with Gasteiger partial charge in [-0.2, -0.15) is 13.2 Å². The van der Waals surface area contributed by atoms with E-state index in [1.165, 1.54) is 24.7 Å². The summed E-state index contributed by atoms with van der Waals surface area (Å²) in [6.45, 7) is 0. The van der Waals surface area contributed by atoms with Crippen LogP contribution in [0.2, 0.25) is 0 Å². The lowest BCUT2D eigenvalue weighted by Crippen LogP contribution is -2.07. The molecule has 8 heteroatoms. The molecule has 5 rings (SSSR count). The molecule has 31 heavy (non-hydrogen) atoms. The highest BCUT2D eigenvalue weighted by atomic mass is 79.9. The molecule has 0 bridgehead atoms. The molecular formula is C23H12BrF3N2O2. The van der Waals surface area contributed by atoms with Gasteiger partial charge in [-0.1, -0.05) is 34.1 Å². The third kappa shape index (κ3) is 3.53. The maximum absolute atomic E-state index is 13.6. The lowest BCUT2D eigenvalue weighted by molar-refractivity contribution is -0.137. The summed E-state index contributed by atoms with van der Waals surface area (Å²) in [7, 11) is 0. The molecule has 0 unspecified atom stereocenters. The number of fused-ring (bicyclic) bond motifs is 1. The fraction of sp³-hybridized carbons (Fsp3) is 0.0435. The zero-order valence-electron chi connectivity index (χ0n) is 15.7. The van der Waals surface area contributed by atoms with Crippen LogP contribution in [0.25, 0.3) is 45.1 Å². The van der Waals surface area contributed by atoms with Gasteiger partial charge in [-0.25, -0.2) is 9.97 Å². The number of aromatic nitrogens is 2. The van der Waals surface area contributed by atoms with Crippen molar-refractivity contribution in [1.82, 2.24) is 9.97 Å². The standard InChI is InChI=1S/C23H12BrF3N2O2/c24-16-12-18-17(11-14(16)13-5-1-2-6-15(13)23(25,26)27)28-21(19-7-3-9-30-19)22(29-18)20-8-4-10-31-20/h1-12H. The Morgan fingerprint density at radius 1 is 0.710 bits per heavy atom. The molecule has 0 spiro atoms. The third-order valence-electron chi connectivity index (χ3n) is 4.78. The van der Waals surface area contributed by atoms with E-state index in [9.17, 15) is 13.2 Å². The normalized spacial score (nSPS) is 11.9. The number of benzene rings is 2. The smallest absolute Gasteiger partial charge is 0.417 e. The second-order valence-corrected chi connectivity index (χ2v) is 7.59. The van der Waals surface area contributed by atoms with E-state index in [2.05, 4.69) is 25.9 Å². The molecule has 0 saturated carbocycles. The first-order valence-electron chi connectivity index (χ1n) is 9.17. The number of furan rings is 2. The molecule has 0 aliphatic heterocycles. The SMILES string of the molecule is FC(F)(F)c1ccccc1-c1cc2nc(-c3ccco3)c(-c3ccco3)nc2cc1Br. The topological polar surface area (TPSA) is 52.1 Å². The van der Waals surface area contributed by atoms with Gasteiger partial charge in [0.1, 0.15) is 11.4 Å². The van der Waals surface area contributed by atoms with E-state index in [1.807, 2.05) is 0 Å². The highest BCUT2D eigenvalue weighted by molar-refractivity contribution is 9.10. The van der Waals surface area contributed by atoms with Gasteiger partial charge in [0.2, 0.25) is 0 Å². The van der Waals surface area contributed by atoms with Crippen molar-refractivity contribution < 1.29 is 22.0 Å². The minimum atomic E-state index is -4.49. The first-order chi connectivity index (χ1) is 14.9. The van der Waals surface area contributed by atoms with Crippen LogP contribution in [0, 0.1) is 0 Å². The van der Waals surface area contributed by atoms with Gasteiger partial charge in [-0.05, 0) is 53.6 Å². The average Bonchev–Trinajstić information content (AvgIpc) is 3.46. The Bertz CT molecular complexity index is 1380. The maximum atomic E-state index is 13.6. The Morgan fingerprint density at radius 2 is 1.29 bits per heavy atom. The lowest BCUT2D eigenvalue weighted by atomic mass is 9.98. The summed E-state index contributed by atoms with van der Waals surface area (Å²) in [5, 5.41) is 0. The second-order valence-electron chi connectivity index (χ2n) is 6.74. The van der Waals surface area contributed by atoms with Crippen LogP contribution in [0.4, 0.5) is 13.2 Å². The quantitative estimate of drug-likeness (QED) is 0.264. The van der Waals surface area contributed by atoms with Crippen molar-refractivity contribution in [3.05, 3.63) is 83.2 Å². The van der Waals surface area contributed by atoms with Crippen LogP contribution in [0.1, 0.15) is 5.56 Å². The predicted molar refractivity (Wildman–Crippen MR) is 113 cm³/mol. The second kappa shape index (κ2) is 7.39. The van der Waals surface area contributed by atoms with Gasteiger partial charge >= 0.3 is 6.18 Å². The van der Waals surface area contributed by atoms with Crippen molar-refractivity contribution in [3.63, 3.8) is 0 Å². The Kier molecular flexibility index (Phi) is 4.66. The van der Waals surface area contributed by atoms with Gasteiger partial charge < -0.3 is 8.83 Å². The van der Waals surface area contributed by atoms with Gasteiger partial charge in [0, 0.05) is 4.47 Å². The van der Waals surface area contributed by atoms with Crippen molar-refractivity contribution in [2.45, 2.75) is 6.18 Å². The molecule has 3 aromatic heterocycles. The number of alkyl halides is 3. The van der Waals surface area contributed by atoms with E-state index >= 15 is 0 Å². The van der Waals surface area contributed by atoms with Crippen molar-refractivity contribution >= 4 is 27.0 Å². The van der Waals surface area contributed by atoms with E-state index < -0.39 is 11.7 Å². The van der Waals surface area contributed by atoms with E-state index in [1.54, 1.807) is 42.5 Å². The number of halogens is 4. The van der Waals surface area contributed by atoms with Crippen LogP contribution < -0.4 is 0 Å². The number of rotatable bonds is 3. The van der Waals surface area contributed by atoms with E-state index in [4.69, 9.17) is 8.83 Å². The van der Waals surface area contributed by atoms with E-state index in [-0.39, 0.29) is 5.56 Å². The van der Waals surface area contributed by atoms with Crippen LogP contribution in [0.15, 0.2) is 86.5 Å². The van der Waals surface area contributed by atoms with E-state index in [0.29, 0.717) is 44.0 Å². The Labute approximate surface area is 182 Å². The summed E-state index contributed by atoms with van der Waals surface area (Å²) in [5.74, 6) is 0.976. The molecule has 154 valence electrons. The number of hydrogen-bond donors (Lipinski definition) is 0. The molecule has 0 aliphatic carbocycles. The molecule has 3 heterocycles. The minimum Gasteiger partial charge on any atom is -0.463 e. The van der Waals surface area contributed by atoms with Crippen LogP contribution in [-0.2, 0) is 6.18 Å². The van der Waals surface area contributed by atoms with Crippen LogP contribution >= 0.6 is 15.9 Å². The number of nitrogens with zero attached hydrogens (tertiary/aromatic N) is 2. The van der Waals surface area contributed by atoms with Gasteiger partial charge in [0.05, 0.1) is 29.1 Å². The zero-order chi connectivity index (χ0) is 21.6. The summed E-state index contributed by atoms with van der Waals surface area (Å²) in [4.78, 5) is 9.35. The van der Waals surface area contributed by atoms with Crippen molar-refractivity contribution in [2.24, 2.45) is 0 Å². The van der Waals surface area contributed by atoms with Crippen molar-refractivity contribution in [2.75, 3.05) is 0 Å². The first kappa shape index (κ1) is 19.6. The monoisotopic (exact) mass is 484 g/mol. The first-order valence-corrected chi connectivity index (χ1v) is 9.97. The summed E-state index contributed by atoms with van der Waals surface area (Å²) in [6.07, 6.45) is -1.45. The molecule has 0 fully saturated rings. The highest BCUT2D eigenvalue weighted by Crippen LogP contribution is 2.41. The molecular weight excluding hydrogens is 473 g/mol. The van der Waals surface area contributed by atoms with Crippen LogP contribution in [0.5, 0.6) is 0 Å². The fourth-order valence-electron chi connectivity index (χ4n) is 3.42. The molecule has 0 N–H and O–H groups in total. The maximum Gasteiger partial charge on any atom is 0.417 e. The molecule has 0 amide bonds. The molecule has 0 atom stereocenters. The largest absolute Gasteiger partial charge is 0.463 e. The predicted octanol–water partition coefficient (Wildman–Crippen LogP) is 7.60. The Morgan fingerprint density at radius 3 is 1.84 bits per heavy atom. The van der Waals surface area contributed by atoms with Crippen molar-refractivity contribution in [1.29, 1.82) is 0 Å². The van der Waals surface area contributed by atoms with E-state index in [0.717, 1.165) is 6.07 Å². The lowest BCUT2D eigenvalue weighted by Gasteiger charge is -2.15. The Balaban J connectivity index is 1.77. The van der Waals surface area contributed by atoms with Crippen LogP contribution in [-0.4, -0.2) is 9.97 Å². The minimum absolute atomic E-state index is 0.0558. The molecule has 0 radical (unpaired) electrons. The van der Waals surface area contributed by atoms with Gasteiger partial charge in [0.15, 0.2) is 11.5 Å². The summed E-state index contributed by atoms with van der Waals surface area (Å²) in [5.41, 5.74) is 1.54. The van der Waals surface area contributed by atoms with Crippen molar-refractivity contribution in [3.8, 4) is 34.0 Å². The Hall–Kier alpha value is -3.39. The molecule has 0 saturated heterocycles. The van der Waals surface area contributed by atoms with Crippen LogP contribution in [0.3, 0.4) is 0 Å². The van der Waals surface area contributed by atoms with Gasteiger partial charge in [-0.3, -0.25) is 0 Å². The molecule has 4 nitrogen and oxygen atoms in total. The molecule has 0 aliphatic rings. The zero-order valence-corrected chi connectivity index (χ0v) is 17.2.